The number of amides is 1. The number of carbonyl (C=O) groups excluding carboxylic acids is 2. The van der Waals surface area contributed by atoms with Crippen molar-refractivity contribution in [3.63, 3.8) is 0 Å². The Morgan fingerprint density at radius 2 is 1.63 bits per heavy atom. The van der Waals surface area contributed by atoms with Crippen LogP contribution in [0.15, 0.2) is 77.6 Å². The molecule has 1 aromatic heterocycles. The van der Waals surface area contributed by atoms with Crippen molar-refractivity contribution in [3.8, 4) is 17.2 Å². The maximum Gasteiger partial charge on any atom is 0.586 e. The number of benzene rings is 3. The fraction of sp³-hybridized carbons (Fsp3) is 0.0833. The van der Waals surface area contributed by atoms with Crippen molar-refractivity contribution < 1.29 is 32.6 Å². The van der Waals surface area contributed by atoms with E-state index in [4.69, 9.17) is 4.74 Å². The summed E-state index contributed by atoms with van der Waals surface area (Å²) in [5.74, 6) is -2.08. The van der Waals surface area contributed by atoms with Crippen LogP contribution in [0.4, 0.5) is 14.5 Å². The van der Waals surface area contributed by atoms with Gasteiger partial charge in [-0.2, -0.15) is 9.78 Å². The Balaban J connectivity index is 1.35. The Labute approximate surface area is 195 Å². The van der Waals surface area contributed by atoms with Crippen LogP contribution < -0.4 is 20.3 Å². The van der Waals surface area contributed by atoms with Crippen LogP contribution >= 0.6 is 0 Å². The molecule has 0 saturated carbocycles. The molecule has 0 atom stereocenters. The Kier molecular flexibility index (Phi) is 5.36. The number of ether oxygens (including phenoxy) is 3. The van der Waals surface area contributed by atoms with E-state index in [2.05, 4.69) is 19.9 Å². The van der Waals surface area contributed by atoms with Crippen molar-refractivity contribution in [2.24, 2.45) is 0 Å². The number of nitrogens with one attached hydrogen (secondary N) is 1. The highest BCUT2D eigenvalue weighted by molar-refractivity contribution is 6.03. The van der Waals surface area contributed by atoms with Crippen molar-refractivity contribution in [2.75, 3.05) is 11.9 Å². The smallest absolute Gasteiger partial charge is 0.451 e. The lowest BCUT2D eigenvalue weighted by Gasteiger charge is -2.11. The predicted octanol–water partition coefficient (Wildman–Crippen LogP) is 3.50. The van der Waals surface area contributed by atoms with Gasteiger partial charge in [0.05, 0.1) is 11.1 Å². The minimum absolute atomic E-state index is 0.132. The second-order valence-electron chi connectivity index (χ2n) is 7.40. The Hall–Kier alpha value is -4.80. The number of carbonyl (C=O) groups is 2. The fourth-order valence-corrected chi connectivity index (χ4v) is 3.51. The number of nitrogens with zero attached hydrogens (tertiary/aromatic N) is 2. The Morgan fingerprint density at radius 1 is 0.943 bits per heavy atom. The first kappa shape index (κ1) is 22.0. The molecule has 1 N–H and O–H groups in total. The summed E-state index contributed by atoms with van der Waals surface area (Å²) in [5.41, 5.74) is 0.00683. The summed E-state index contributed by atoms with van der Waals surface area (Å²) in [7, 11) is 0. The van der Waals surface area contributed by atoms with Crippen LogP contribution in [0, 0.1) is 0 Å². The molecular formula is C24H15F2N3O6. The Morgan fingerprint density at radius 3 is 2.40 bits per heavy atom. The van der Waals surface area contributed by atoms with Gasteiger partial charge in [-0.05, 0) is 30.3 Å². The lowest BCUT2D eigenvalue weighted by molar-refractivity contribution is -0.286. The van der Waals surface area contributed by atoms with Crippen molar-refractivity contribution in [1.82, 2.24) is 9.78 Å². The number of rotatable bonds is 5. The minimum Gasteiger partial charge on any atom is -0.451 e. The molecule has 0 fully saturated rings. The topological polar surface area (TPSA) is 109 Å². The van der Waals surface area contributed by atoms with Gasteiger partial charge < -0.3 is 19.5 Å². The van der Waals surface area contributed by atoms with Gasteiger partial charge in [0, 0.05) is 17.1 Å². The van der Waals surface area contributed by atoms with Crippen LogP contribution in [-0.4, -0.2) is 34.6 Å². The molecule has 0 radical (unpaired) electrons. The van der Waals surface area contributed by atoms with Crippen molar-refractivity contribution in [3.05, 3.63) is 88.8 Å². The zero-order chi connectivity index (χ0) is 24.6. The molecule has 1 aliphatic rings. The number of hydrogen-bond donors (Lipinski definition) is 1. The molecular weight excluding hydrogens is 464 g/mol. The summed E-state index contributed by atoms with van der Waals surface area (Å²) in [4.78, 5) is 38.0. The van der Waals surface area contributed by atoms with Gasteiger partial charge in [0.2, 0.25) is 0 Å². The summed E-state index contributed by atoms with van der Waals surface area (Å²) >= 11 is 0. The molecule has 1 amide bonds. The number of alkyl halides is 2. The minimum atomic E-state index is -3.79. The number of aromatic nitrogens is 2. The van der Waals surface area contributed by atoms with E-state index in [0.717, 1.165) is 10.7 Å². The van der Waals surface area contributed by atoms with E-state index in [1.54, 1.807) is 54.6 Å². The van der Waals surface area contributed by atoms with Crippen LogP contribution in [-0.2, 0) is 9.53 Å². The van der Waals surface area contributed by atoms with E-state index in [-0.39, 0.29) is 33.7 Å². The molecule has 35 heavy (non-hydrogen) atoms. The van der Waals surface area contributed by atoms with Crippen molar-refractivity contribution in [2.45, 2.75) is 6.29 Å². The number of para-hydroxylation sites is 1. The maximum atomic E-state index is 13.2. The molecule has 4 aromatic rings. The molecule has 0 saturated heterocycles. The zero-order valence-electron chi connectivity index (χ0n) is 17.7. The van der Waals surface area contributed by atoms with E-state index < -0.39 is 30.3 Å². The average Bonchev–Trinajstić information content (AvgIpc) is 3.16. The van der Waals surface area contributed by atoms with E-state index in [1.807, 2.05) is 0 Å². The highest BCUT2D eigenvalue weighted by atomic mass is 19.3. The predicted molar refractivity (Wildman–Crippen MR) is 119 cm³/mol. The third kappa shape index (κ3) is 4.38. The quantitative estimate of drug-likeness (QED) is 0.437. The van der Waals surface area contributed by atoms with Gasteiger partial charge in [-0.3, -0.25) is 9.59 Å². The maximum absolute atomic E-state index is 13.2. The summed E-state index contributed by atoms with van der Waals surface area (Å²) in [6, 6.07) is 18.6. The Bertz CT molecular complexity index is 1520. The molecule has 9 nitrogen and oxygen atoms in total. The van der Waals surface area contributed by atoms with Gasteiger partial charge in [-0.15, -0.1) is 8.78 Å². The number of hydrogen-bond acceptors (Lipinski definition) is 7. The van der Waals surface area contributed by atoms with Crippen LogP contribution in [0.2, 0.25) is 0 Å². The standard InChI is InChI=1S/C24H15F2N3O6/c25-24(26)34-18-11-10-14(12-19(18)35-24)27-20(30)13-33-23(32)21-16-8-4-5-9-17(16)22(31)29(28-21)15-6-2-1-3-7-15/h1-12H,13H2,(H,27,30). The zero-order valence-corrected chi connectivity index (χ0v) is 17.7. The number of esters is 1. The average molecular weight is 479 g/mol. The van der Waals surface area contributed by atoms with Gasteiger partial charge in [0.15, 0.2) is 23.8 Å². The molecule has 0 unspecified atom stereocenters. The van der Waals surface area contributed by atoms with Crippen LogP contribution in [0.25, 0.3) is 16.5 Å². The van der Waals surface area contributed by atoms with Gasteiger partial charge >= 0.3 is 12.3 Å². The fourth-order valence-electron chi connectivity index (χ4n) is 3.51. The first-order valence-corrected chi connectivity index (χ1v) is 10.3. The van der Waals surface area contributed by atoms with Crippen LogP contribution in [0.3, 0.4) is 0 Å². The molecule has 0 bridgehead atoms. The highest BCUT2D eigenvalue weighted by Gasteiger charge is 2.43. The SMILES string of the molecule is O=C(COC(=O)c1nn(-c2ccccc2)c(=O)c2ccccc12)Nc1ccc2c(c1)OC(F)(F)O2. The summed E-state index contributed by atoms with van der Waals surface area (Å²) in [5, 5.41) is 7.12. The normalized spacial score (nSPS) is 13.4. The van der Waals surface area contributed by atoms with Crippen LogP contribution in [0.5, 0.6) is 11.5 Å². The third-order valence-electron chi connectivity index (χ3n) is 5.02. The van der Waals surface area contributed by atoms with Crippen molar-refractivity contribution in [1.29, 1.82) is 0 Å². The summed E-state index contributed by atoms with van der Waals surface area (Å²) < 4.78 is 41.2. The van der Waals surface area contributed by atoms with E-state index in [1.165, 1.54) is 12.1 Å². The molecule has 0 spiro atoms. The number of fused-ring (bicyclic) bond motifs is 2. The van der Waals surface area contributed by atoms with Crippen LogP contribution in [0.1, 0.15) is 10.5 Å². The lowest BCUT2D eigenvalue weighted by atomic mass is 10.1. The van der Waals surface area contributed by atoms with Gasteiger partial charge in [0.25, 0.3) is 11.5 Å². The van der Waals surface area contributed by atoms with Gasteiger partial charge in [0.1, 0.15) is 0 Å². The van der Waals surface area contributed by atoms with E-state index in [0.29, 0.717) is 5.69 Å². The van der Waals surface area contributed by atoms with Gasteiger partial charge in [-0.1, -0.05) is 36.4 Å². The van der Waals surface area contributed by atoms with Gasteiger partial charge in [-0.25, -0.2) is 4.79 Å². The van der Waals surface area contributed by atoms with Crippen molar-refractivity contribution >= 4 is 28.3 Å². The number of anilines is 1. The monoisotopic (exact) mass is 479 g/mol. The third-order valence-corrected chi connectivity index (χ3v) is 5.02. The summed E-state index contributed by atoms with van der Waals surface area (Å²) in [6.45, 7) is -0.691. The molecule has 1 aliphatic heterocycles. The molecule has 176 valence electrons. The molecule has 5 rings (SSSR count). The first-order chi connectivity index (χ1) is 16.8. The second kappa shape index (κ2) is 8.52. The lowest BCUT2D eigenvalue weighted by Crippen LogP contribution is -2.26. The second-order valence-corrected chi connectivity index (χ2v) is 7.40. The van der Waals surface area contributed by atoms with E-state index >= 15 is 0 Å². The summed E-state index contributed by atoms with van der Waals surface area (Å²) in [6.07, 6.45) is -3.79. The largest absolute Gasteiger partial charge is 0.586 e. The number of halogens is 2. The molecule has 0 aliphatic carbocycles. The molecule has 2 heterocycles. The molecule has 3 aromatic carbocycles. The first-order valence-electron chi connectivity index (χ1n) is 10.3. The highest BCUT2D eigenvalue weighted by Crippen LogP contribution is 2.42. The molecule has 11 heteroatoms. The van der Waals surface area contributed by atoms with E-state index in [9.17, 15) is 23.2 Å².